The maximum atomic E-state index is 13.1. The van der Waals surface area contributed by atoms with Gasteiger partial charge >= 0.3 is 39.5 Å². The lowest BCUT2D eigenvalue weighted by Crippen LogP contribution is -2.30. The van der Waals surface area contributed by atoms with Crippen molar-refractivity contribution in [1.29, 1.82) is 0 Å². The Labute approximate surface area is 592 Å². The topological polar surface area (TPSA) is 237 Å². The van der Waals surface area contributed by atoms with Crippen molar-refractivity contribution in [1.82, 2.24) is 0 Å². The maximum absolute atomic E-state index is 13.1. The van der Waals surface area contributed by atoms with Gasteiger partial charge in [0.25, 0.3) is 0 Å². The zero-order valence-electron chi connectivity index (χ0n) is 63.0. The highest BCUT2D eigenvalue weighted by molar-refractivity contribution is 7.47. The molecule has 0 aromatic heterocycles. The van der Waals surface area contributed by atoms with Gasteiger partial charge in [-0.15, -0.1) is 0 Å². The fourth-order valence-corrected chi connectivity index (χ4v) is 13.0. The summed E-state index contributed by atoms with van der Waals surface area (Å²) in [5.41, 5.74) is 0. The minimum Gasteiger partial charge on any atom is -0.462 e. The molecular formula is C78H148O17P2. The monoisotopic (exact) mass is 1420 g/mol. The summed E-state index contributed by atoms with van der Waals surface area (Å²) < 4.78 is 68.5. The Morgan fingerprint density at radius 1 is 0.320 bits per heavy atom. The van der Waals surface area contributed by atoms with Crippen molar-refractivity contribution >= 4 is 39.5 Å². The molecule has 0 aromatic rings. The zero-order chi connectivity index (χ0) is 71.6. The zero-order valence-corrected chi connectivity index (χ0v) is 64.8. The first kappa shape index (κ1) is 94.5. The van der Waals surface area contributed by atoms with Crippen LogP contribution in [0.1, 0.15) is 376 Å². The smallest absolute Gasteiger partial charge is 0.462 e. The molecule has 0 fully saturated rings. The second-order valence-electron chi connectivity index (χ2n) is 28.8. The van der Waals surface area contributed by atoms with E-state index in [4.69, 9.17) is 37.0 Å². The van der Waals surface area contributed by atoms with Crippen LogP contribution in [0.2, 0.25) is 0 Å². The van der Waals surface area contributed by atoms with Crippen LogP contribution in [0.4, 0.5) is 0 Å². The molecule has 0 aliphatic heterocycles. The molecule has 5 atom stereocenters. The Morgan fingerprint density at radius 3 is 0.835 bits per heavy atom. The van der Waals surface area contributed by atoms with Crippen molar-refractivity contribution in [3.63, 3.8) is 0 Å². The van der Waals surface area contributed by atoms with Gasteiger partial charge in [0.15, 0.2) is 12.2 Å². The summed E-state index contributed by atoms with van der Waals surface area (Å²) in [5.74, 6) is 0.0885. The number of allylic oxidation sites excluding steroid dienone is 4. The van der Waals surface area contributed by atoms with Crippen molar-refractivity contribution in [2.24, 2.45) is 17.8 Å². The Kier molecular flexibility index (Phi) is 66.3. The summed E-state index contributed by atoms with van der Waals surface area (Å²) in [6.07, 6.45) is 58.0. The summed E-state index contributed by atoms with van der Waals surface area (Å²) in [5, 5.41) is 10.6. The molecule has 0 radical (unpaired) electrons. The van der Waals surface area contributed by atoms with Crippen LogP contribution in [0, 0.1) is 17.8 Å². The minimum atomic E-state index is -4.96. The lowest BCUT2D eigenvalue weighted by molar-refractivity contribution is -0.161. The van der Waals surface area contributed by atoms with E-state index in [1.165, 1.54) is 167 Å². The predicted octanol–water partition coefficient (Wildman–Crippen LogP) is 22.5. The van der Waals surface area contributed by atoms with E-state index >= 15 is 0 Å². The second-order valence-corrected chi connectivity index (χ2v) is 31.7. The van der Waals surface area contributed by atoms with Crippen molar-refractivity contribution < 1.29 is 80.2 Å². The molecule has 19 heteroatoms. The molecular weight excluding hydrogens is 1270 g/mol. The highest BCUT2D eigenvalue weighted by Gasteiger charge is 2.30. The van der Waals surface area contributed by atoms with Gasteiger partial charge in [-0.3, -0.25) is 37.3 Å². The van der Waals surface area contributed by atoms with Gasteiger partial charge in [-0.2, -0.15) is 0 Å². The molecule has 0 saturated heterocycles. The first-order chi connectivity index (χ1) is 46.7. The fourth-order valence-electron chi connectivity index (χ4n) is 11.4. The average molecular weight is 1420 g/mol. The van der Waals surface area contributed by atoms with Gasteiger partial charge in [-0.25, -0.2) is 9.13 Å². The summed E-state index contributed by atoms with van der Waals surface area (Å²) in [6, 6.07) is 0. The van der Waals surface area contributed by atoms with E-state index in [-0.39, 0.29) is 25.7 Å². The number of hydrogen-bond donors (Lipinski definition) is 3. The van der Waals surface area contributed by atoms with Gasteiger partial charge in [-0.05, 0) is 69.1 Å². The van der Waals surface area contributed by atoms with E-state index in [0.717, 1.165) is 121 Å². The number of rotatable bonds is 74. The molecule has 572 valence electrons. The Balaban J connectivity index is 5.21. The molecule has 0 spiro atoms. The van der Waals surface area contributed by atoms with Gasteiger partial charge in [0.05, 0.1) is 26.4 Å². The third-order valence-electron chi connectivity index (χ3n) is 17.5. The van der Waals surface area contributed by atoms with Crippen LogP contribution >= 0.6 is 15.6 Å². The van der Waals surface area contributed by atoms with E-state index in [0.29, 0.717) is 31.6 Å². The van der Waals surface area contributed by atoms with E-state index in [2.05, 4.69) is 72.8 Å². The van der Waals surface area contributed by atoms with Gasteiger partial charge in [-0.1, -0.05) is 323 Å². The van der Waals surface area contributed by atoms with E-state index < -0.39 is 97.5 Å². The number of carbonyl (C=O) groups excluding carboxylic acids is 4. The van der Waals surface area contributed by atoms with Crippen LogP contribution in [-0.4, -0.2) is 96.7 Å². The second kappa shape index (κ2) is 68.0. The molecule has 3 unspecified atom stereocenters. The van der Waals surface area contributed by atoms with Gasteiger partial charge in [0, 0.05) is 25.7 Å². The summed E-state index contributed by atoms with van der Waals surface area (Å²) in [4.78, 5) is 72.8. The quantitative estimate of drug-likeness (QED) is 0.0169. The molecule has 97 heavy (non-hydrogen) atoms. The van der Waals surface area contributed by atoms with Gasteiger partial charge < -0.3 is 33.8 Å². The first-order valence-corrected chi connectivity index (χ1v) is 42.7. The normalized spacial score (nSPS) is 14.2. The van der Waals surface area contributed by atoms with Crippen LogP contribution in [-0.2, 0) is 65.4 Å². The summed E-state index contributed by atoms with van der Waals surface area (Å²) >= 11 is 0. The summed E-state index contributed by atoms with van der Waals surface area (Å²) in [7, 11) is -9.93. The number of phosphoric acid groups is 2. The Bertz CT molecular complexity index is 1980. The molecule has 0 aliphatic carbocycles. The minimum absolute atomic E-state index is 0.0843. The largest absolute Gasteiger partial charge is 0.472 e. The van der Waals surface area contributed by atoms with Crippen LogP contribution < -0.4 is 0 Å². The SMILES string of the molecule is CCCCCC/C=C\C=C/CCCCCCCC(=O)O[C@H](COC(=O)CCCCCCCCCCCC(C)C)COP(=O)(O)OCC(O)COP(=O)(O)OC[C@@H](COC(=O)CCCCCCCCC(C)C)OC(=O)CCCCCCCCCCCCCCCCCCCCC(C)C. The standard InChI is InChI=1S/C78H148O17P2/c1-8-9-10-11-12-13-14-15-20-24-27-32-38-47-54-61-77(82)94-73(65-88-75(80)59-52-45-37-34-29-31-36-43-50-57-70(4)5)67-92-96(84,85)90-63-72(79)64-91-97(86,87)93-68-74(66-89-76(81)60-53-46-41-40-44-51-58-71(6)7)95-78(83)62-55-48-39-33-28-25-22-19-17-16-18-21-23-26-30-35-42-49-56-69(2)3/h13-15,20,69-74,79H,8-12,16-19,21-68H2,1-7H3,(H,84,85)(H,86,87)/b14-13-,20-15-/t72?,73-,74-/m1/s1. The van der Waals surface area contributed by atoms with Crippen molar-refractivity contribution in [3.8, 4) is 0 Å². The molecule has 0 aromatic carbocycles. The average Bonchev–Trinajstić information content (AvgIpc) is 1.31. The number of aliphatic hydroxyl groups excluding tert-OH is 1. The number of aliphatic hydroxyl groups is 1. The number of carbonyl (C=O) groups is 4. The fraction of sp³-hybridized carbons (Fsp3) is 0.897. The number of hydrogen-bond acceptors (Lipinski definition) is 15. The van der Waals surface area contributed by atoms with E-state index in [1.807, 2.05) is 0 Å². The third-order valence-corrected chi connectivity index (χ3v) is 19.4. The highest BCUT2D eigenvalue weighted by Crippen LogP contribution is 2.45. The molecule has 0 aliphatic rings. The van der Waals surface area contributed by atoms with Crippen molar-refractivity contribution in [3.05, 3.63) is 24.3 Å². The molecule has 0 saturated carbocycles. The number of ether oxygens (including phenoxy) is 4. The van der Waals surface area contributed by atoms with Crippen molar-refractivity contribution in [2.45, 2.75) is 394 Å². The molecule has 0 bridgehead atoms. The molecule has 17 nitrogen and oxygen atoms in total. The lowest BCUT2D eigenvalue weighted by Gasteiger charge is -2.21. The van der Waals surface area contributed by atoms with E-state index in [1.54, 1.807) is 0 Å². The first-order valence-electron chi connectivity index (χ1n) is 39.7. The third kappa shape index (κ3) is 71.7. The van der Waals surface area contributed by atoms with Crippen LogP contribution in [0.15, 0.2) is 24.3 Å². The summed E-state index contributed by atoms with van der Waals surface area (Å²) in [6.45, 7) is 11.8. The molecule has 0 heterocycles. The van der Waals surface area contributed by atoms with Gasteiger partial charge in [0.2, 0.25) is 0 Å². The lowest BCUT2D eigenvalue weighted by atomic mass is 10.0. The molecule has 3 N–H and O–H groups in total. The number of unbranched alkanes of at least 4 members (excludes halogenated alkanes) is 39. The highest BCUT2D eigenvalue weighted by atomic mass is 31.2. The van der Waals surface area contributed by atoms with Crippen molar-refractivity contribution in [2.75, 3.05) is 39.6 Å². The van der Waals surface area contributed by atoms with Crippen LogP contribution in [0.3, 0.4) is 0 Å². The van der Waals surface area contributed by atoms with Crippen LogP contribution in [0.25, 0.3) is 0 Å². The molecule has 0 amide bonds. The van der Waals surface area contributed by atoms with Gasteiger partial charge in [0.1, 0.15) is 19.3 Å². The Hall–Kier alpha value is -2.46. The predicted molar refractivity (Wildman–Crippen MR) is 395 cm³/mol. The van der Waals surface area contributed by atoms with E-state index in [9.17, 15) is 43.2 Å². The number of phosphoric ester groups is 2. The number of esters is 4. The molecule has 0 rings (SSSR count). The van der Waals surface area contributed by atoms with Crippen LogP contribution in [0.5, 0.6) is 0 Å². The maximum Gasteiger partial charge on any atom is 0.472 e. The Morgan fingerprint density at radius 2 is 0.557 bits per heavy atom.